The smallest absolute Gasteiger partial charge is 0.0717 e. The van der Waals surface area contributed by atoms with E-state index in [9.17, 15) is 5.11 Å². The minimum atomic E-state index is 0.0244. The summed E-state index contributed by atoms with van der Waals surface area (Å²) in [6, 6.07) is 4.13. The fourth-order valence-electron chi connectivity index (χ4n) is 1.79. The summed E-state index contributed by atoms with van der Waals surface area (Å²) in [6.07, 6.45) is 1.74. The van der Waals surface area contributed by atoms with Gasteiger partial charge in [-0.25, -0.2) is 0 Å². The Morgan fingerprint density at radius 3 is 2.94 bits per heavy atom. The number of aliphatic hydroxyl groups excluding tert-OH is 1. The fourth-order valence-corrected chi connectivity index (χ4v) is 2.45. The number of aromatic nitrogens is 1. The Bertz CT molecular complexity index is 482. The minimum Gasteiger partial charge on any atom is -0.392 e. The van der Waals surface area contributed by atoms with Gasteiger partial charge in [0.1, 0.15) is 0 Å². The predicted octanol–water partition coefficient (Wildman–Crippen LogP) is 2.58. The molecule has 0 aliphatic carbocycles. The molecule has 17 heavy (non-hydrogen) atoms. The SMILES string of the molecule is Cc1cc(N(C)Cc2ccsc2)c(CO)cn1. The number of hydrogen-bond donors (Lipinski definition) is 1. The number of thiophene rings is 1. The molecule has 0 saturated carbocycles. The van der Waals surface area contributed by atoms with Crippen molar-refractivity contribution >= 4 is 17.0 Å². The summed E-state index contributed by atoms with van der Waals surface area (Å²) in [4.78, 5) is 6.35. The van der Waals surface area contributed by atoms with E-state index in [1.54, 1.807) is 17.5 Å². The summed E-state index contributed by atoms with van der Waals surface area (Å²) in [5.74, 6) is 0. The Kier molecular flexibility index (Phi) is 3.76. The van der Waals surface area contributed by atoms with Gasteiger partial charge in [-0.1, -0.05) is 0 Å². The number of rotatable bonds is 4. The molecule has 0 spiro atoms. The first-order valence-electron chi connectivity index (χ1n) is 5.49. The van der Waals surface area contributed by atoms with E-state index < -0.39 is 0 Å². The molecule has 0 saturated heterocycles. The van der Waals surface area contributed by atoms with Gasteiger partial charge in [0.25, 0.3) is 0 Å². The van der Waals surface area contributed by atoms with Crippen LogP contribution < -0.4 is 4.90 Å². The van der Waals surface area contributed by atoms with Crippen molar-refractivity contribution in [2.45, 2.75) is 20.1 Å². The average Bonchev–Trinajstić information content (AvgIpc) is 2.81. The number of anilines is 1. The molecular weight excluding hydrogens is 232 g/mol. The molecule has 0 amide bonds. The van der Waals surface area contributed by atoms with Crippen molar-refractivity contribution in [3.63, 3.8) is 0 Å². The first-order valence-corrected chi connectivity index (χ1v) is 6.43. The second-order valence-corrected chi connectivity index (χ2v) is 4.88. The van der Waals surface area contributed by atoms with Gasteiger partial charge in [-0.15, -0.1) is 0 Å². The average molecular weight is 248 g/mol. The first-order chi connectivity index (χ1) is 8.20. The highest BCUT2D eigenvalue weighted by Crippen LogP contribution is 2.22. The lowest BCUT2D eigenvalue weighted by Gasteiger charge is -2.21. The van der Waals surface area contributed by atoms with E-state index in [1.807, 2.05) is 20.0 Å². The molecule has 2 rings (SSSR count). The number of hydrogen-bond acceptors (Lipinski definition) is 4. The lowest BCUT2D eigenvalue weighted by atomic mass is 10.2. The Labute approximate surface area is 105 Å². The summed E-state index contributed by atoms with van der Waals surface area (Å²) in [7, 11) is 2.03. The molecule has 4 heteroatoms. The molecule has 0 fully saturated rings. The van der Waals surface area contributed by atoms with Crippen LogP contribution in [0.25, 0.3) is 0 Å². The number of pyridine rings is 1. The second-order valence-electron chi connectivity index (χ2n) is 4.10. The molecule has 0 unspecified atom stereocenters. The van der Waals surface area contributed by atoms with Crippen LogP contribution in [0.5, 0.6) is 0 Å². The maximum Gasteiger partial charge on any atom is 0.0717 e. The summed E-state index contributed by atoms with van der Waals surface area (Å²) >= 11 is 1.70. The number of nitrogens with zero attached hydrogens (tertiary/aromatic N) is 2. The second kappa shape index (κ2) is 5.29. The summed E-state index contributed by atoms with van der Waals surface area (Å²) in [5, 5.41) is 13.5. The zero-order chi connectivity index (χ0) is 12.3. The van der Waals surface area contributed by atoms with Gasteiger partial charge in [-0.2, -0.15) is 11.3 Å². The molecule has 2 heterocycles. The summed E-state index contributed by atoms with van der Waals surface area (Å²) in [5.41, 5.74) is 4.17. The maximum atomic E-state index is 9.32. The molecule has 3 nitrogen and oxygen atoms in total. The molecule has 2 aromatic heterocycles. The lowest BCUT2D eigenvalue weighted by Crippen LogP contribution is -2.18. The lowest BCUT2D eigenvalue weighted by molar-refractivity contribution is 0.281. The van der Waals surface area contributed by atoms with Crippen molar-refractivity contribution in [1.29, 1.82) is 0 Å². The molecule has 0 aliphatic heterocycles. The van der Waals surface area contributed by atoms with E-state index in [4.69, 9.17) is 0 Å². The Morgan fingerprint density at radius 2 is 2.29 bits per heavy atom. The van der Waals surface area contributed by atoms with Gasteiger partial charge < -0.3 is 10.0 Å². The first kappa shape index (κ1) is 12.1. The van der Waals surface area contributed by atoms with Crippen LogP contribution in [0.2, 0.25) is 0 Å². The third-order valence-corrected chi connectivity index (χ3v) is 3.41. The summed E-state index contributed by atoms with van der Waals surface area (Å²) in [6.45, 7) is 2.83. The van der Waals surface area contributed by atoms with Crippen LogP contribution in [0.3, 0.4) is 0 Å². The molecule has 2 aromatic rings. The molecule has 0 aromatic carbocycles. The molecule has 0 atom stereocenters. The van der Waals surface area contributed by atoms with Crippen LogP contribution >= 0.6 is 11.3 Å². The van der Waals surface area contributed by atoms with E-state index in [0.717, 1.165) is 23.5 Å². The van der Waals surface area contributed by atoms with E-state index in [1.165, 1.54) is 5.56 Å². The van der Waals surface area contributed by atoms with E-state index in [0.29, 0.717) is 0 Å². The maximum absolute atomic E-state index is 9.32. The normalized spacial score (nSPS) is 10.5. The number of aryl methyl sites for hydroxylation is 1. The molecule has 0 radical (unpaired) electrons. The quantitative estimate of drug-likeness (QED) is 0.903. The van der Waals surface area contributed by atoms with Gasteiger partial charge in [0.2, 0.25) is 0 Å². The third-order valence-electron chi connectivity index (χ3n) is 2.68. The zero-order valence-electron chi connectivity index (χ0n) is 10.1. The van der Waals surface area contributed by atoms with Crippen molar-refractivity contribution in [1.82, 2.24) is 4.98 Å². The molecule has 90 valence electrons. The van der Waals surface area contributed by atoms with Crippen molar-refractivity contribution in [3.05, 3.63) is 45.9 Å². The standard InChI is InChI=1S/C13H16N2OS/c1-10-5-13(12(8-16)6-14-10)15(2)7-11-3-4-17-9-11/h3-6,9,16H,7-8H2,1-2H3. The zero-order valence-corrected chi connectivity index (χ0v) is 10.9. The van der Waals surface area contributed by atoms with Crippen molar-refractivity contribution in [2.24, 2.45) is 0 Å². The van der Waals surface area contributed by atoms with E-state index in [-0.39, 0.29) is 6.61 Å². The van der Waals surface area contributed by atoms with Gasteiger partial charge >= 0.3 is 0 Å². The highest BCUT2D eigenvalue weighted by molar-refractivity contribution is 7.07. The van der Waals surface area contributed by atoms with Crippen LogP contribution in [-0.2, 0) is 13.2 Å². The monoisotopic (exact) mass is 248 g/mol. The van der Waals surface area contributed by atoms with Gasteiger partial charge in [0.15, 0.2) is 0 Å². The Balaban J connectivity index is 2.23. The van der Waals surface area contributed by atoms with Gasteiger partial charge in [-0.3, -0.25) is 4.98 Å². The van der Waals surface area contributed by atoms with Crippen LogP contribution in [0.15, 0.2) is 29.1 Å². The van der Waals surface area contributed by atoms with Gasteiger partial charge in [-0.05, 0) is 35.4 Å². The van der Waals surface area contributed by atoms with Crippen LogP contribution in [-0.4, -0.2) is 17.1 Å². The molecule has 1 N–H and O–H groups in total. The number of aliphatic hydroxyl groups is 1. The van der Waals surface area contributed by atoms with Crippen molar-refractivity contribution in [3.8, 4) is 0 Å². The van der Waals surface area contributed by atoms with E-state index >= 15 is 0 Å². The van der Waals surface area contributed by atoms with Crippen LogP contribution in [0.1, 0.15) is 16.8 Å². The van der Waals surface area contributed by atoms with Crippen molar-refractivity contribution in [2.75, 3.05) is 11.9 Å². The topological polar surface area (TPSA) is 36.4 Å². The van der Waals surface area contributed by atoms with Gasteiger partial charge in [0, 0.05) is 36.7 Å². The predicted molar refractivity (Wildman–Crippen MR) is 71.3 cm³/mol. The fraction of sp³-hybridized carbons (Fsp3) is 0.308. The summed E-state index contributed by atoms with van der Waals surface area (Å²) < 4.78 is 0. The Hall–Kier alpha value is -1.39. The third kappa shape index (κ3) is 2.84. The van der Waals surface area contributed by atoms with Crippen LogP contribution in [0.4, 0.5) is 5.69 Å². The molecule has 0 aliphatic rings. The van der Waals surface area contributed by atoms with Gasteiger partial charge in [0.05, 0.1) is 6.61 Å². The van der Waals surface area contributed by atoms with Crippen molar-refractivity contribution < 1.29 is 5.11 Å². The largest absolute Gasteiger partial charge is 0.392 e. The molecule has 0 bridgehead atoms. The minimum absolute atomic E-state index is 0.0244. The van der Waals surface area contributed by atoms with Crippen LogP contribution in [0, 0.1) is 6.92 Å². The Morgan fingerprint density at radius 1 is 1.47 bits per heavy atom. The highest BCUT2D eigenvalue weighted by Gasteiger charge is 2.08. The highest BCUT2D eigenvalue weighted by atomic mass is 32.1. The molecular formula is C13H16N2OS. The van der Waals surface area contributed by atoms with E-state index in [2.05, 4.69) is 26.7 Å².